The Hall–Kier alpha value is -0.770. The summed E-state index contributed by atoms with van der Waals surface area (Å²) in [6, 6.07) is 16.3. The Morgan fingerprint density at radius 1 is 1.05 bits per heavy atom. The van der Waals surface area contributed by atoms with Crippen molar-refractivity contribution in [2.45, 2.75) is 24.3 Å². The lowest BCUT2D eigenvalue weighted by atomic mass is 10.0. The second kappa shape index (κ2) is 7.13. The summed E-state index contributed by atoms with van der Waals surface area (Å²) in [4.78, 5) is 1.25. The van der Waals surface area contributed by atoms with Gasteiger partial charge in [-0.3, -0.25) is 0 Å². The molecular weight excluding hydrogens is 320 g/mol. The van der Waals surface area contributed by atoms with Crippen molar-refractivity contribution in [3.63, 3.8) is 0 Å². The Balaban J connectivity index is 2.02. The van der Waals surface area contributed by atoms with Gasteiger partial charge >= 0.3 is 0 Å². The lowest BCUT2D eigenvalue weighted by Crippen LogP contribution is -2.01. The summed E-state index contributed by atoms with van der Waals surface area (Å²) in [5.41, 5.74) is 2.12. The standard InChI is InChI=1S/C16H17BrOS/c1-2-19-15-9-5-13(6-10-15)16(18)11-12-3-7-14(17)8-4-12/h3-10,16,18H,2,11H2,1H3. The molecule has 0 aliphatic carbocycles. The highest BCUT2D eigenvalue weighted by Crippen LogP contribution is 2.23. The molecule has 0 bridgehead atoms. The van der Waals surface area contributed by atoms with Gasteiger partial charge in [0.2, 0.25) is 0 Å². The van der Waals surface area contributed by atoms with Crippen LogP contribution in [-0.4, -0.2) is 10.9 Å². The van der Waals surface area contributed by atoms with Gasteiger partial charge in [0, 0.05) is 15.8 Å². The second-order valence-electron chi connectivity index (χ2n) is 4.35. The predicted octanol–water partition coefficient (Wildman–Crippen LogP) is 4.84. The summed E-state index contributed by atoms with van der Waals surface area (Å²) in [6.45, 7) is 2.14. The van der Waals surface area contributed by atoms with Gasteiger partial charge in [-0.1, -0.05) is 47.1 Å². The Bertz CT molecular complexity index is 507. The van der Waals surface area contributed by atoms with Gasteiger partial charge in [-0.25, -0.2) is 0 Å². The second-order valence-corrected chi connectivity index (χ2v) is 6.60. The van der Waals surface area contributed by atoms with E-state index in [1.54, 1.807) is 0 Å². The highest BCUT2D eigenvalue weighted by molar-refractivity contribution is 9.10. The molecule has 19 heavy (non-hydrogen) atoms. The fourth-order valence-corrected chi connectivity index (χ4v) is 2.84. The van der Waals surface area contributed by atoms with Gasteiger partial charge in [0.15, 0.2) is 0 Å². The van der Waals surface area contributed by atoms with Gasteiger partial charge < -0.3 is 5.11 Å². The van der Waals surface area contributed by atoms with Crippen LogP contribution < -0.4 is 0 Å². The minimum Gasteiger partial charge on any atom is -0.388 e. The average molecular weight is 337 g/mol. The Kier molecular flexibility index (Phi) is 5.49. The van der Waals surface area contributed by atoms with Gasteiger partial charge in [0.1, 0.15) is 0 Å². The maximum atomic E-state index is 10.2. The minimum atomic E-state index is -0.443. The van der Waals surface area contributed by atoms with Gasteiger partial charge in [-0.2, -0.15) is 0 Å². The number of thioether (sulfide) groups is 1. The molecule has 0 amide bonds. The van der Waals surface area contributed by atoms with Crippen molar-refractivity contribution < 1.29 is 5.11 Å². The van der Waals surface area contributed by atoms with E-state index in [2.05, 4.69) is 35.0 Å². The molecule has 3 heteroatoms. The first-order valence-corrected chi connectivity index (χ1v) is 8.12. The maximum absolute atomic E-state index is 10.2. The molecule has 1 unspecified atom stereocenters. The zero-order chi connectivity index (χ0) is 13.7. The first-order valence-electron chi connectivity index (χ1n) is 6.34. The van der Waals surface area contributed by atoms with Crippen LogP contribution in [0.3, 0.4) is 0 Å². The molecule has 100 valence electrons. The SMILES string of the molecule is CCSc1ccc(C(O)Cc2ccc(Br)cc2)cc1. The van der Waals surface area contributed by atoms with E-state index >= 15 is 0 Å². The van der Waals surface area contributed by atoms with Crippen LogP contribution in [0.25, 0.3) is 0 Å². The predicted molar refractivity (Wildman–Crippen MR) is 85.6 cm³/mol. The lowest BCUT2D eigenvalue weighted by molar-refractivity contribution is 0.178. The van der Waals surface area contributed by atoms with Crippen molar-refractivity contribution in [2.75, 3.05) is 5.75 Å². The summed E-state index contributed by atoms with van der Waals surface area (Å²) in [5.74, 6) is 1.07. The van der Waals surface area contributed by atoms with Gasteiger partial charge in [-0.05, 0) is 41.1 Å². The molecule has 1 atom stereocenters. The van der Waals surface area contributed by atoms with Crippen LogP contribution in [0.15, 0.2) is 57.9 Å². The molecule has 0 fully saturated rings. The number of benzene rings is 2. The van der Waals surface area contributed by atoms with Crippen molar-refractivity contribution in [1.82, 2.24) is 0 Å². The molecule has 0 saturated carbocycles. The van der Waals surface area contributed by atoms with Crippen molar-refractivity contribution in [3.8, 4) is 0 Å². The van der Waals surface area contributed by atoms with E-state index in [1.165, 1.54) is 4.90 Å². The van der Waals surface area contributed by atoms with Gasteiger partial charge in [-0.15, -0.1) is 11.8 Å². The number of hydrogen-bond donors (Lipinski definition) is 1. The van der Waals surface area contributed by atoms with Crippen LogP contribution >= 0.6 is 27.7 Å². The summed E-state index contributed by atoms with van der Waals surface area (Å²) in [5, 5.41) is 10.2. The average Bonchev–Trinajstić information content (AvgIpc) is 2.42. The monoisotopic (exact) mass is 336 g/mol. The highest BCUT2D eigenvalue weighted by atomic mass is 79.9. The maximum Gasteiger partial charge on any atom is 0.0830 e. The summed E-state index contributed by atoms with van der Waals surface area (Å²) < 4.78 is 1.06. The third kappa shape index (κ3) is 4.37. The summed E-state index contributed by atoms with van der Waals surface area (Å²) in [7, 11) is 0. The van der Waals surface area contributed by atoms with Crippen LogP contribution in [0.1, 0.15) is 24.2 Å². The molecule has 2 rings (SSSR count). The molecule has 2 aromatic carbocycles. The number of hydrogen-bond acceptors (Lipinski definition) is 2. The smallest absolute Gasteiger partial charge is 0.0830 e. The number of aliphatic hydroxyl groups excluding tert-OH is 1. The fraction of sp³-hybridized carbons (Fsp3) is 0.250. The van der Waals surface area contributed by atoms with Crippen LogP contribution in [0, 0.1) is 0 Å². The van der Waals surface area contributed by atoms with Crippen LogP contribution in [0.4, 0.5) is 0 Å². The molecule has 1 nitrogen and oxygen atoms in total. The molecule has 0 aromatic heterocycles. The van der Waals surface area contributed by atoms with E-state index in [-0.39, 0.29) is 0 Å². The molecule has 0 radical (unpaired) electrons. The summed E-state index contributed by atoms with van der Waals surface area (Å²) >= 11 is 5.23. The van der Waals surface area contributed by atoms with Crippen LogP contribution in [-0.2, 0) is 6.42 Å². The first kappa shape index (κ1) is 14.6. The molecule has 0 aliphatic heterocycles. The van der Waals surface area contributed by atoms with Crippen LogP contribution in [0.2, 0.25) is 0 Å². The quantitative estimate of drug-likeness (QED) is 0.788. The topological polar surface area (TPSA) is 20.2 Å². The van der Waals surface area contributed by atoms with E-state index in [9.17, 15) is 5.11 Å². The molecule has 2 aromatic rings. The van der Waals surface area contributed by atoms with E-state index < -0.39 is 6.10 Å². The molecular formula is C16H17BrOS. The molecule has 0 aliphatic rings. The van der Waals surface area contributed by atoms with Crippen molar-refractivity contribution in [1.29, 1.82) is 0 Å². The molecule has 0 heterocycles. The molecule has 0 spiro atoms. The van der Waals surface area contributed by atoms with E-state index in [0.29, 0.717) is 6.42 Å². The zero-order valence-corrected chi connectivity index (χ0v) is 13.2. The van der Waals surface area contributed by atoms with Crippen LogP contribution in [0.5, 0.6) is 0 Å². The van der Waals surface area contributed by atoms with Gasteiger partial charge in [0.05, 0.1) is 6.10 Å². The third-order valence-electron chi connectivity index (χ3n) is 2.92. The van der Waals surface area contributed by atoms with Crippen molar-refractivity contribution >= 4 is 27.7 Å². The van der Waals surface area contributed by atoms with Crippen molar-refractivity contribution in [3.05, 3.63) is 64.1 Å². The minimum absolute atomic E-state index is 0.443. The van der Waals surface area contributed by atoms with E-state index in [4.69, 9.17) is 0 Å². The summed E-state index contributed by atoms with van der Waals surface area (Å²) in [6.07, 6.45) is 0.204. The Morgan fingerprint density at radius 2 is 1.68 bits per heavy atom. The van der Waals surface area contributed by atoms with E-state index in [1.807, 2.05) is 48.2 Å². The number of rotatable bonds is 5. The highest BCUT2D eigenvalue weighted by Gasteiger charge is 2.08. The van der Waals surface area contributed by atoms with Gasteiger partial charge in [0.25, 0.3) is 0 Å². The normalized spacial score (nSPS) is 12.4. The third-order valence-corrected chi connectivity index (χ3v) is 4.34. The largest absolute Gasteiger partial charge is 0.388 e. The lowest BCUT2D eigenvalue weighted by Gasteiger charge is -2.12. The van der Waals surface area contributed by atoms with E-state index in [0.717, 1.165) is 21.4 Å². The first-order chi connectivity index (χ1) is 9.19. The number of aliphatic hydroxyl groups is 1. The zero-order valence-electron chi connectivity index (χ0n) is 10.8. The fourth-order valence-electron chi connectivity index (χ4n) is 1.91. The molecule has 0 saturated heterocycles. The molecule has 1 N–H and O–H groups in total. The number of halogens is 1. The Morgan fingerprint density at radius 3 is 2.26 bits per heavy atom. The van der Waals surface area contributed by atoms with Crippen molar-refractivity contribution in [2.24, 2.45) is 0 Å². The Labute approximate surface area is 127 Å².